The van der Waals surface area contributed by atoms with Gasteiger partial charge in [-0.3, -0.25) is 4.99 Å². The van der Waals surface area contributed by atoms with Crippen LogP contribution >= 0.6 is 0 Å². The molecule has 1 aromatic heterocycles. The quantitative estimate of drug-likeness (QED) is 0.421. The molecule has 1 fully saturated rings. The summed E-state index contributed by atoms with van der Waals surface area (Å²) in [6, 6.07) is 9.98. The highest BCUT2D eigenvalue weighted by atomic mass is 16.5. The summed E-state index contributed by atoms with van der Waals surface area (Å²) in [6.07, 6.45) is 5.93. The van der Waals surface area contributed by atoms with Gasteiger partial charge >= 0.3 is 0 Å². The van der Waals surface area contributed by atoms with E-state index >= 15 is 0 Å². The molecule has 2 aromatic rings. The lowest BCUT2D eigenvalue weighted by Crippen LogP contribution is -2.42. The Labute approximate surface area is 185 Å². The van der Waals surface area contributed by atoms with E-state index < -0.39 is 0 Å². The second-order valence-electron chi connectivity index (χ2n) is 7.96. The maximum atomic E-state index is 5.73. The fourth-order valence-electron chi connectivity index (χ4n) is 3.67. The molecule has 0 bridgehead atoms. The first-order valence-corrected chi connectivity index (χ1v) is 11.0. The van der Waals surface area contributed by atoms with Gasteiger partial charge in [-0.05, 0) is 55.0 Å². The first-order valence-electron chi connectivity index (χ1n) is 11.0. The SMILES string of the molecule is COc1ccc(CC(C)CN=C(NCCc2ccco2)NCC2CCCO2)cc1OC. The number of guanidine groups is 1. The van der Waals surface area contributed by atoms with Crippen LogP contribution in [0.3, 0.4) is 0 Å². The Hall–Kier alpha value is -2.67. The zero-order chi connectivity index (χ0) is 21.9. The molecular formula is C24H35N3O4. The number of ether oxygens (including phenoxy) is 3. The minimum atomic E-state index is 0.265. The number of benzene rings is 1. The van der Waals surface area contributed by atoms with Crippen LogP contribution in [0.1, 0.15) is 31.1 Å². The summed E-state index contributed by atoms with van der Waals surface area (Å²) in [6.45, 7) is 5.31. The van der Waals surface area contributed by atoms with Crippen LogP contribution in [0.4, 0.5) is 0 Å². The molecule has 0 aliphatic carbocycles. The van der Waals surface area contributed by atoms with Crippen LogP contribution in [0.15, 0.2) is 46.0 Å². The molecule has 0 saturated carbocycles. The average Bonchev–Trinajstić information content (AvgIpc) is 3.49. The molecule has 1 aliphatic rings. The van der Waals surface area contributed by atoms with E-state index in [-0.39, 0.29) is 6.10 Å². The van der Waals surface area contributed by atoms with Crippen LogP contribution in [0.2, 0.25) is 0 Å². The highest BCUT2D eigenvalue weighted by molar-refractivity contribution is 5.79. The van der Waals surface area contributed by atoms with Crippen molar-refractivity contribution in [2.24, 2.45) is 10.9 Å². The number of aliphatic imine (C=N–C) groups is 1. The number of methoxy groups -OCH3 is 2. The Morgan fingerprint density at radius 1 is 1.19 bits per heavy atom. The average molecular weight is 430 g/mol. The van der Waals surface area contributed by atoms with Crippen molar-refractivity contribution in [2.45, 2.75) is 38.7 Å². The van der Waals surface area contributed by atoms with Crippen molar-refractivity contribution in [2.75, 3.05) is 40.5 Å². The van der Waals surface area contributed by atoms with Crippen LogP contribution in [0.5, 0.6) is 11.5 Å². The first-order chi connectivity index (χ1) is 15.2. The van der Waals surface area contributed by atoms with E-state index in [1.807, 2.05) is 24.3 Å². The molecule has 1 aromatic carbocycles. The molecule has 31 heavy (non-hydrogen) atoms. The molecular weight excluding hydrogens is 394 g/mol. The van der Waals surface area contributed by atoms with Crippen LogP contribution in [-0.2, 0) is 17.6 Å². The first kappa shape index (κ1) is 23.0. The third kappa shape index (κ3) is 7.51. The van der Waals surface area contributed by atoms with Gasteiger partial charge in [-0.15, -0.1) is 0 Å². The Bertz CT molecular complexity index is 801. The Kier molecular flexibility index (Phi) is 9.09. The Balaban J connectivity index is 1.54. The fraction of sp³-hybridized carbons (Fsp3) is 0.542. The van der Waals surface area contributed by atoms with Crippen molar-refractivity contribution in [3.8, 4) is 11.5 Å². The molecule has 2 atom stereocenters. The lowest BCUT2D eigenvalue weighted by atomic mass is 10.0. The van der Waals surface area contributed by atoms with Crippen molar-refractivity contribution < 1.29 is 18.6 Å². The third-order valence-electron chi connectivity index (χ3n) is 5.36. The van der Waals surface area contributed by atoms with Gasteiger partial charge in [0.25, 0.3) is 0 Å². The summed E-state index contributed by atoms with van der Waals surface area (Å²) in [5.41, 5.74) is 1.21. The van der Waals surface area contributed by atoms with Crippen molar-refractivity contribution in [3.05, 3.63) is 47.9 Å². The van der Waals surface area contributed by atoms with Gasteiger partial charge in [0.1, 0.15) is 5.76 Å². The zero-order valence-corrected chi connectivity index (χ0v) is 18.9. The molecule has 7 nitrogen and oxygen atoms in total. The van der Waals surface area contributed by atoms with Crippen LogP contribution < -0.4 is 20.1 Å². The lowest BCUT2D eigenvalue weighted by molar-refractivity contribution is 0.114. The van der Waals surface area contributed by atoms with Crippen molar-refractivity contribution >= 4 is 5.96 Å². The van der Waals surface area contributed by atoms with Crippen LogP contribution in [0.25, 0.3) is 0 Å². The highest BCUT2D eigenvalue weighted by Crippen LogP contribution is 2.28. The fourth-order valence-corrected chi connectivity index (χ4v) is 3.67. The molecule has 0 radical (unpaired) electrons. The van der Waals surface area contributed by atoms with Gasteiger partial charge in [0.2, 0.25) is 0 Å². The molecule has 0 spiro atoms. The van der Waals surface area contributed by atoms with E-state index in [0.717, 1.165) is 75.1 Å². The molecule has 170 valence electrons. The molecule has 2 unspecified atom stereocenters. The molecule has 3 rings (SSSR count). The van der Waals surface area contributed by atoms with Gasteiger partial charge in [-0.2, -0.15) is 0 Å². The summed E-state index contributed by atoms with van der Waals surface area (Å²) in [5.74, 6) is 3.67. The number of nitrogens with one attached hydrogen (secondary N) is 2. The van der Waals surface area contributed by atoms with Crippen molar-refractivity contribution in [1.82, 2.24) is 10.6 Å². The summed E-state index contributed by atoms with van der Waals surface area (Å²) in [5, 5.41) is 6.86. The Morgan fingerprint density at radius 3 is 2.77 bits per heavy atom. The number of nitrogens with zero attached hydrogens (tertiary/aromatic N) is 1. The van der Waals surface area contributed by atoms with Gasteiger partial charge in [0.05, 0.1) is 26.6 Å². The van der Waals surface area contributed by atoms with Gasteiger partial charge in [-0.1, -0.05) is 13.0 Å². The predicted molar refractivity (Wildman–Crippen MR) is 122 cm³/mol. The topological polar surface area (TPSA) is 77.2 Å². The summed E-state index contributed by atoms with van der Waals surface area (Å²) < 4.78 is 21.9. The minimum absolute atomic E-state index is 0.265. The maximum Gasteiger partial charge on any atom is 0.191 e. The van der Waals surface area contributed by atoms with Crippen molar-refractivity contribution in [3.63, 3.8) is 0 Å². The molecule has 2 heterocycles. The van der Waals surface area contributed by atoms with E-state index in [1.165, 1.54) is 5.56 Å². The molecule has 7 heteroatoms. The third-order valence-corrected chi connectivity index (χ3v) is 5.36. The smallest absolute Gasteiger partial charge is 0.191 e. The highest BCUT2D eigenvalue weighted by Gasteiger charge is 2.16. The number of hydrogen-bond acceptors (Lipinski definition) is 5. The van der Waals surface area contributed by atoms with E-state index in [4.69, 9.17) is 23.6 Å². The van der Waals surface area contributed by atoms with Gasteiger partial charge in [0, 0.05) is 32.7 Å². The van der Waals surface area contributed by atoms with Gasteiger partial charge < -0.3 is 29.3 Å². The zero-order valence-electron chi connectivity index (χ0n) is 18.9. The van der Waals surface area contributed by atoms with E-state index in [0.29, 0.717) is 5.92 Å². The van der Waals surface area contributed by atoms with E-state index in [1.54, 1.807) is 20.5 Å². The van der Waals surface area contributed by atoms with Crippen LogP contribution in [-0.4, -0.2) is 52.5 Å². The summed E-state index contributed by atoms with van der Waals surface area (Å²) in [7, 11) is 3.31. The van der Waals surface area contributed by atoms with Crippen LogP contribution in [0, 0.1) is 5.92 Å². The number of hydrogen-bond donors (Lipinski definition) is 2. The second-order valence-corrected chi connectivity index (χ2v) is 7.96. The standard InChI is InChI=1S/C24H35N3O4/c1-18(14-19-8-9-22(28-2)23(15-19)29-3)16-26-24(27-17-21-7-5-13-31-21)25-11-10-20-6-4-12-30-20/h4,6,8-9,12,15,18,21H,5,7,10-11,13-14,16-17H2,1-3H3,(H2,25,26,27). The largest absolute Gasteiger partial charge is 0.493 e. The van der Waals surface area contributed by atoms with Gasteiger partial charge in [-0.25, -0.2) is 0 Å². The molecule has 2 N–H and O–H groups in total. The predicted octanol–water partition coefficient (Wildman–Crippen LogP) is 3.43. The number of rotatable bonds is 11. The molecule has 0 amide bonds. The Morgan fingerprint density at radius 2 is 2.06 bits per heavy atom. The second kappa shape index (κ2) is 12.2. The van der Waals surface area contributed by atoms with E-state index in [2.05, 4.69) is 23.6 Å². The van der Waals surface area contributed by atoms with E-state index in [9.17, 15) is 0 Å². The molecule has 1 aliphatic heterocycles. The minimum Gasteiger partial charge on any atom is -0.493 e. The maximum absolute atomic E-state index is 5.73. The monoisotopic (exact) mass is 429 g/mol. The van der Waals surface area contributed by atoms with Gasteiger partial charge in [0.15, 0.2) is 17.5 Å². The lowest BCUT2D eigenvalue weighted by Gasteiger charge is -2.17. The summed E-state index contributed by atoms with van der Waals surface area (Å²) >= 11 is 0. The molecule has 1 saturated heterocycles. The normalized spacial score (nSPS) is 17.4. The number of furan rings is 1. The van der Waals surface area contributed by atoms with Crippen molar-refractivity contribution in [1.29, 1.82) is 0 Å². The summed E-state index contributed by atoms with van der Waals surface area (Å²) in [4.78, 5) is 4.83.